The molecule has 0 bridgehead atoms. The lowest BCUT2D eigenvalue weighted by atomic mass is 9.85. The predicted molar refractivity (Wildman–Crippen MR) is 133 cm³/mol. The Morgan fingerprint density at radius 1 is 0.688 bits per heavy atom. The van der Waals surface area contributed by atoms with E-state index in [1.165, 1.54) is 12.8 Å². The molecule has 4 nitrogen and oxygen atoms in total. The van der Waals surface area contributed by atoms with Crippen LogP contribution in [0.1, 0.15) is 89.5 Å². The van der Waals surface area contributed by atoms with Crippen LogP contribution < -0.4 is 10.6 Å². The molecule has 0 spiro atoms. The summed E-state index contributed by atoms with van der Waals surface area (Å²) in [4.78, 5) is 0. The fraction of sp³-hybridized carbons (Fsp3) is 0.571. The van der Waals surface area contributed by atoms with Crippen molar-refractivity contribution < 1.29 is 10.2 Å². The summed E-state index contributed by atoms with van der Waals surface area (Å²) in [5, 5.41) is 29.0. The summed E-state index contributed by atoms with van der Waals surface area (Å²) in [6.45, 7) is 14.1. The van der Waals surface area contributed by atoms with Gasteiger partial charge in [-0.2, -0.15) is 0 Å². The molecule has 2 aromatic rings. The Morgan fingerprint density at radius 3 is 1.41 bits per heavy atom. The summed E-state index contributed by atoms with van der Waals surface area (Å²) in [7, 11) is 0. The maximum absolute atomic E-state index is 10.8. The average Bonchev–Trinajstić information content (AvgIpc) is 2.71. The van der Waals surface area contributed by atoms with Gasteiger partial charge in [0.25, 0.3) is 0 Å². The van der Waals surface area contributed by atoms with Gasteiger partial charge in [-0.1, -0.05) is 90.8 Å². The number of benzene rings is 2. The normalized spacial score (nSPS) is 19.8. The summed E-state index contributed by atoms with van der Waals surface area (Å²) in [6.07, 6.45) is 4.67. The van der Waals surface area contributed by atoms with Gasteiger partial charge in [0.05, 0.1) is 0 Å². The van der Waals surface area contributed by atoms with Crippen LogP contribution in [0, 0.1) is 0 Å². The van der Waals surface area contributed by atoms with Crippen molar-refractivity contribution in [3.63, 3.8) is 0 Å². The second-order valence-electron chi connectivity index (χ2n) is 11.4. The van der Waals surface area contributed by atoms with Gasteiger partial charge in [0, 0.05) is 36.3 Å². The molecule has 1 aliphatic carbocycles. The third kappa shape index (κ3) is 5.85. The second-order valence-corrected chi connectivity index (χ2v) is 11.4. The first-order valence-electron chi connectivity index (χ1n) is 12.1. The van der Waals surface area contributed by atoms with E-state index in [1.54, 1.807) is 0 Å². The molecule has 0 saturated heterocycles. The third-order valence-electron chi connectivity index (χ3n) is 6.73. The summed E-state index contributed by atoms with van der Waals surface area (Å²) >= 11 is 0. The highest BCUT2D eigenvalue weighted by Gasteiger charge is 2.26. The first-order valence-corrected chi connectivity index (χ1v) is 12.1. The van der Waals surface area contributed by atoms with Gasteiger partial charge < -0.3 is 20.8 Å². The molecule has 2 atom stereocenters. The smallest absolute Gasteiger partial charge is 0.123 e. The zero-order valence-corrected chi connectivity index (χ0v) is 20.8. The van der Waals surface area contributed by atoms with Gasteiger partial charge in [-0.3, -0.25) is 0 Å². The van der Waals surface area contributed by atoms with Crippen LogP contribution in [-0.4, -0.2) is 22.3 Å². The molecule has 3 rings (SSSR count). The fourth-order valence-electron chi connectivity index (χ4n) is 4.78. The van der Waals surface area contributed by atoms with Crippen LogP contribution in [0.2, 0.25) is 0 Å². The Kier molecular flexibility index (Phi) is 7.57. The van der Waals surface area contributed by atoms with Gasteiger partial charge in [0.2, 0.25) is 0 Å². The van der Waals surface area contributed by atoms with Crippen molar-refractivity contribution in [3.05, 3.63) is 58.7 Å². The van der Waals surface area contributed by atoms with E-state index in [1.807, 2.05) is 36.4 Å². The first kappa shape index (κ1) is 24.6. The van der Waals surface area contributed by atoms with Gasteiger partial charge in [-0.05, 0) is 34.8 Å². The fourth-order valence-corrected chi connectivity index (χ4v) is 4.78. The SMILES string of the molecule is CC(C)(C)c1cccc(CN[C@@H]2CCCC[C@H]2NCc2cccc(C(C)(C)C)c2O)c1O. The number of rotatable bonds is 6. The lowest BCUT2D eigenvalue weighted by molar-refractivity contribution is 0.279. The van der Waals surface area contributed by atoms with Crippen LogP contribution in [0.25, 0.3) is 0 Å². The average molecular weight is 439 g/mol. The Balaban J connectivity index is 1.67. The second kappa shape index (κ2) is 9.84. The molecule has 2 aromatic carbocycles. The predicted octanol–water partition coefficient (Wildman–Crippen LogP) is 5.88. The summed E-state index contributed by atoms with van der Waals surface area (Å²) in [5.74, 6) is 0.827. The molecule has 1 saturated carbocycles. The van der Waals surface area contributed by atoms with Crippen LogP contribution in [0.15, 0.2) is 36.4 Å². The molecular weight excluding hydrogens is 396 g/mol. The van der Waals surface area contributed by atoms with Crippen molar-refractivity contribution in [1.29, 1.82) is 0 Å². The molecule has 176 valence electrons. The Bertz CT molecular complexity index is 833. The Morgan fingerprint density at radius 2 is 1.06 bits per heavy atom. The van der Waals surface area contributed by atoms with Crippen molar-refractivity contribution in [2.75, 3.05) is 0 Å². The summed E-state index contributed by atoms with van der Waals surface area (Å²) in [6, 6.07) is 12.8. The number of nitrogens with one attached hydrogen (secondary N) is 2. The minimum absolute atomic E-state index is 0.0847. The highest BCUT2D eigenvalue weighted by atomic mass is 16.3. The molecule has 0 amide bonds. The Hall–Kier alpha value is -2.04. The number of hydrogen-bond acceptors (Lipinski definition) is 4. The van der Waals surface area contributed by atoms with E-state index in [4.69, 9.17) is 0 Å². The molecule has 1 aliphatic rings. The minimum atomic E-state index is -0.0847. The lowest BCUT2D eigenvalue weighted by Crippen LogP contribution is -2.49. The largest absolute Gasteiger partial charge is 0.507 e. The molecule has 4 N–H and O–H groups in total. The highest BCUT2D eigenvalue weighted by Crippen LogP contribution is 2.34. The zero-order valence-electron chi connectivity index (χ0n) is 20.8. The molecular formula is C28H42N2O2. The van der Waals surface area contributed by atoms with Crippen LogP contribution in [-0.2, 0) is 23.9 Å². The lowest BCUT2D eigenvalue weighted by Gasteiger charge is -2.34. The number of hydrogen-bond donors (Lipinski definition) is 4. The molecule has 0 unspecified atom stereocenters. The van der Waals surface area contributed by atoms with Gasteiger partial charge in [-0.25, -0.2) is 0 Å². The molecule has 0 heterocycles. The topological polar surface area (TPSA) is 64.5 Å². The molecule has 1 fully saturated rings. The van der Waals surface area contributed by atoms with E-state index in [0.29, 0.717) is 36.7 Å². The number of para-hydroxylation sites is 2. The van der Waals surface area contributed by atoms with E-state index >= 15 is 0 Å². The van der Waals surface area contributed by atoms with Gasteiger partial charge in [-0.15, -0.1) is 0 Å². The van der Waals surface area contributed by atoms with E-state index in [-0.39, 0.29) is 10.8 Å². The van der Waals surface area contributed by atoms with Crippen molar-refractivity contribution in [2.45, 2.75) is 103 Å². The molecule has 32 heavy (non-hydrogen) atoms. The standard InChI is InChI=1S/C28H42N2O2/c1-27(2,3)21-13-9-11-19(25(21)31)17-29-23-15-7-8-16-24(23)30-18-20-12-10-14-22(26(20)32)28(4,5)6/h9-14,23-24,29-32H,7-8,15-18H2,1-6H3/t23-,24-/m1/s1. The maximum Gasteiger partial charge on any atom is 0.123 e. The van der Waals surface area contributed by atoms with Crippen LogP contribution in [0.4, 0.5) is 0 Å². The van der Waals surface area contributed by atoms with E-state index in [9.17, 15) is 10.2 Å². The molecule has 4 heteroatoms. The van der Waals surface area contributed by atoms with Crippen molar-refractivity contribution in [2.24, 2.45) is 0 Å². The molecule has 0 radical (unpaired) electrons. The van der Waals surface area contributed by atoms with Crippen LogP contribution in [0.3, 0.4) is 0 Å². The van der Waals surface area contributed by atoms with E-state index in [2.05, 4.69) is 52.2 Å². The Labute approximate surface area is 194 Å². The highest BCUT2D eigenvalue weighted by molar-refractivity contribution is 5.45. The van der Waals surface area contributed by atoms with Crippen LogP contribution >= 0.6 is 0 Å². The number of phenolic OH excluding ortho intramolecular Hbond substituents is 2. The van der Waals surface area contributed by atoms with Crippen molar-refractivity contribution >= 4 is 0 Å². The zero-order chi connectivity index (χ0) is 23.5. The quantitative estimate of drug-likeness (QED) is 0.454. The number of phenols is 2. The van der Waals surface area contributed by atoms with Gasteiger partial charge in [0.1, 0.15) is 11.5 Å². The summed E-state index contributed by atoms with van der Waals surface area (Å²) < 4.78 is 0. The first-order chi connectivity index (χ1) is 15.0. The monoisotopic (exact) mass is 438 g/mol. The van der Waals surface area contributed by atoms with E-state index in [0.717, 1.165) is 35.1 Å². The van der Waals surface area contributed by atoms with Gasteiger partial charge >= 0.3 is 0 Å². The maximum atomic E-state index is 10.8. The van der Waals surface area contributed by atoms with Crippen molar-refractivity contribution in [3.8, 4) is 11.5 Å². The minimum Gasteiger partial charge on any atom is -0.507 e. The summed E-state index contributed by atoms with van der Waals surface area (Å²) in [5.41, 5.74) is 3.72. The molecule has 0 aromatic heterocycles. The van der Waals surface area contributed by atoms with Gasteiger partial charge in [0.15, 0.2) is 0 Å². The van der Waals surface area contributed by atoms with E-state index < -0.39 is 0 Å². The number of aromatic hydroxyl groups is 2. The van der Waals surface area contributed by atoms with Crippen LogP contribution in [0.5, 0.6) is 11.5 Å². The van der Waals surface area contributed by atoms with Crippen molar-refractivity contribution in [1.82, 2.24) is 10.6 Å². The third-order valence-corrected chi connectivity index (χ3v) is 6.73. The molecule has 0 aliphatic heterocycles.